The first-order valence-corrected chi connectivity index (χ1v) is 6.91. The molecule has 21 heavy (non-hydrogen) atoms. The van der Waals surface area contributed by atoms with Crippen molar-refractivity contribution in [2.75, 3.05) is 13.2 Å². The van der Waals surface area contributed by atoms with Gasteiger partial charge < -0.3 is 15.2 Å². The van der Waals surface area contributed by atoms with Crippen LogP contribution >= 0.6 is 0 Å². The minimum absolute atomic E-state index is 0.0415. The number of rotatable bonds is 5. The lowest BCUT2D eigenvalue weighted by atomic mass is 9.86. The largest absolute Gasteiger partial charge is 0.450 e. The van der Waals surface area contributed by atoms with E-state index in [1.54, 1.807) is 6.92 Å². The van der Waals surface area contributed by atoms with Crippen LogP contribution in [-0.2, 0) is 10.3 Å². The molecule has 0 atom stereocenters. The minimum atomic E-state index is -1.30. The van der Waals surface area contributed by atoms with Gasteiger partial charge in [-0.05, 0) is 18.1 Å². The van der Waals surface area contributed by atoms with Crippen LogP contribution < -0.4 is 5.32 Å². The van der Waals surface area contributed by atoms with Crippen LogP contribution in [0.25, 0.3) is 0 Å². The maximum atomic E-state index is 11.5. The smallest absolute Gasteiger partial charge is 0.407 e. The highest BCUT2D eigenvalue weighted by molar-refractivity contribution is 5.67. The molecule has 0 saturated heterocycles. The van der Waals surface area contributed by atoms with Gasteiger partial charge in [-0.1, -0.05) is 60.7 Å². The number of ether oxygens (including phenoxy) is 1. The van der Waals surface area contributed by atoms with E-state index in [2.05, 4.69) is 5.32 Å². The molecule has 0 aromatic heterocycles. The Morgan fingerprint density at radius 3 is 1.95 bits per heavy atom. The lowest BCUT2D eigenvalue weighted by Gasteiger charge is -2.29. The average Bonchev–Trinajstić information content (AvgIpc) is 2.54. The van der Waals surface area contributed by atoms with Crippen LogP contribution in [0.5, 0.6) is 0 Å². The van der Waals surface area contributed by atoms with Gasteiger partial charge >= 0.3 is 6.09 Å². The highest BCUT2D eigenvalue weighted by Gasteiger charge is 2.31. The lowest BCUT2D eigenvalue weighted by Crippen LogP contribution is -2.41. The molecule has 0 spiro atoms. The van der Waals surface area contributed by atoms with Gasteiger partial charge in [-0.15, -0.1) is 0 Å². The average molecular weight is 285 g/mol. The maximum Gasteiger partial charge on any atom is 0.407 e. The molecule has 0 bridgehead atoms. The number of alkyl carbamates (subject to hydrolysis) is 1. The predicted octanol–water partition coefficient (Wildman–Crippen LogP) is 2.67. The number of nitrogens with one attached hydrogen (secondary N) is 1. The molecule has 1 amide bonds. The number of carbonyl (C=O) groups excluding carboxylic acids is 1. The number of hydrogen-bond acceptors (Lipinski definition) is 3. The zero-order chi connectivity index (χ0) is 15.1. The summed E-state index contributed by atoms with van der Waals surface area (Å²) < 4.78 is 4.85. The molecule has 4 nitrogen and oxygen atoms in total. The SMILES string of the molecule is CCOC(=O)NCC(O)(c1ccccc1)c1ccccc1. The molecule has 2 aromatic rings. The summed E-state index contributed by atoms with van der Waals surface area (Å²) >= 11 is 0. The number of carbonyl (C=O) groups is 1. The van der Waals surface area contributed by atoms with E-state index in [1.165, 1.54) is 0 Å². The molecule has 0 unspecified atom stereocenters. The summed E-state index contributed by atoms with van der Waals surface area (Å²) in [7, 11) is 0. The number of aliphatic hydroxyl groups is 1. The van der Waals surface area contributed by atoms with Gasteiger partial charge in [-0.2, -0.15) is 0 Å². The van der Waals surface area contributed by atoms with Crippen LogP contribution in [0.3, 0.4) is 0 Å². The highest BCUT2D eigenvalue weighted by Crippen LogP contribution is 2.28. The molecule has 110 valence electrons. The molecule has 0 aliphatic rings. The van der Waals surface area contributed by atoms with Gasteiger partial charge in [0.25, 0.3) is 0 Å². The molecule has 0 heterocycles. The molecule has 2 N–H and O–H groups in total. The van der Waals surface area contributed by atoms with Crippen molar-refractivity contribution < 1.29 is 14.6 Å². The Morgan fingerprint density at radius 1 is 1.05 bits per heavy atom. The van der Waals surface area contributed by atoms with Gasteiger partial charge in [0, 0.05) is 0 Å². The van der Waals surface area contributed by atoms with E-state index in [9.17, 15) is 9.90 Å². The van der Waals surface area contributed by atoms with Crippen molar-refractivity contribution in [3.63, 3.8) is 0 Å². The summed E-state index contributed by atoms with van der Waals surface area (Å²) in [5.41, 5.74) is 0.135. The molecule has 0 radical (unpaired) electrons. The molecular weight excluding hydrogens is 266 g/mol. The van der Waals surface area contributed by atoms with Crippen LogP contribution in [0.2, 0.25) is 0 Å². The van der Waals surface area contributed by atoms with Gasteiger partial charge in [-0.25, -0.2) is 4.79 Å². The molecule has 0 fully saturated rings. The summed E-state index contributed by atoms with van der Waals surface area (Å²) in [6, 6.07) is 18.5. The van der Waals surface area contributed by atoms with Crippen molar-refractivity contribution in [2.24, 2.45) is 0 Å². The van der Waals surface area contributed by atoms with Crippen LogP contribution in [0, 0.1) is 0 Å². The second-order valence-corrected chi connectivity index (χ2v) is 4.67. The first kappa shape index (κ1) is 15.1. The fourth-order valence-corrected chi connectivity index (χ4v) is 2.18. The van der Waals surface area contributed by atoms with E-state index in [1.807, 2.05) is 60.7 Å². The molecule has 0 saturated carbocycles. The van der Waals surface area contributed by atoms with Crippen molar-refractivity contribution >= 4 is 6.09 Å². The predicted molar refractivity (Wildman–Crippen MR) is 80.9 cm³/mol. The summed E-state index contributed by atoms with van der Waals surface area (Å²) in [6.07, 6.45) is -0.539. The monoisotopic (exact) mass is 285 g/mol. The zero-order valence-electron chi connectivity index (χ0n) is 12.0. The van der Waals surface area contributed by atoms with E-state index in [4.69, 9.17) is 4.74 Å². The Hall–Kier alpha value is -2.33. The fraction of sp³-hybridized carbons (Fsp3) is 0.235. The lowest BCUT2D eigenvalue weighted by molar-refractivity contribution is 0.0748. The van der Waals surface area contributed by atoms with E-state index < -0.39 is 11.7 Å². The van der Waals surface area contributed by atoms with Crippen LogP contribution in [-0.4, -0.2) is 24.4 Å². The topological polar surface area (TPSA) is 58.6 Å². The Morgan fingerprint density at radius 2 is 1.52 bits per heavy atom. The number of benzene rings is 2. The van der Waals surface area contributed by atoms with Gasteiger partial charge in [-0.3, -0.25) is 0 Å². The molecule has 2 rings (SSSR count). The molecular formula is C17H19NO3. The Bertz CT molecular complexity index is 530. The third-order valence-corrected chi connectivity index (χ3v) is 3.27. The van der Waals surface area contributed by atoms with Crippen LogP contribution in [0.1, 0.15) is 18.1 Å². The van der Waals surface area contributed by atoms with Gasteiger partial charge in [0.15, 0.2) is 0 Å². The number of hydrogen-bond donors (Lipinski definition) is 2. The molecule has 4 heteroatoms. The van der Waals surface area contributed by atoms with E-state index in [-0.39, 0.29) is 6.54 Å². The van der Waals surface area contributed by atoms with Crippen LogP contribution in [0.15, 0.2) is 60.7 Å². The Labute approximate surface area is 124 Å². The van der Waals surface area contributed by atoms with E-state index in [0.717, 1.165) is 0 Å². The van der Waals surface area contributed by atoms with Gasteiger partial charge in [0.1, 0.15) is 5.60 Å². The highest BCUT2D eigenvalue weighted by atomic mass is 16.5. The third-order valence-electron chi connectivity index (χ3n) is 3.27. The summed E-state index contributed by atoms with van der Waals surface area (Å²) in [5.74, 6) is 0. The molecule has 0 aliphatic carbocycles. The van der Waals surface area contributed by atoms with Crippen molar-refractivity contribution in [1.29, 1.82) is 0 Å². The summed E-state index contributed by atoms with van der Waals surface area (Å²) in [6.45, 7) is 2.07. The van der Waals surface area contributed by atoms with E-state index in [0.29, 0.717) is 17.7 Å². The second kappa shape index (κ2) is 6.90. The van der Waals surface area contributed by atoms with Crippen molar-refractivity contribution in [2.45, 2.75) is 12.5 Å². The van der Waals surface area contributed by atoms with Gasteiger partial charge in [0.2, 0.25) is 0 Å². The second-order valence-electron chi connectivity index (χ2n) is 4.67. The first-order chi connectivity index (χ1) is 10.2. The molecule has 0 aliphatic heterocycles. The van der Waals surface area contributed by atoms with Crippen molar-refractivity contribution in [3.8, 4) is 0 Å². The van der Waals surface area contributed by atoms with Crippen molar-refractivity contribution in [1.82, 2.24) is 5.32 Å². The quantitative estimate of drug-likeness (QED) is 0.888. The van der Waals surface area contributed by atoms with Crippen molar-refractivity contribution in [3.05, 3.63) is 71.8 Å². The minimum Gasteiger partial charge on any atom is -0.450 e. The third kappa shape index (κ3) is 3.61. The standard InChI is InChI=1S/C17H19NO3/c1-2-21-16(19)18-13-17(20,14-9-5-3-6-10-14)15-11-7-4-8-12-15/h3-12,20H,2,13H2,1H3,(H,18,19). The Kier molecular flexibility index (Phi) is 4.95. The Balaban J connectivity index is 2.29. The first-order valence-electron chi connectivity index (χ1n) is 6.91. The zero-order valence-corrected chi connectivity index (χ0v) is 12.0. The van der Waals surface area contributed by atoms with E-state index >= 15 is 0 Å². The summed E-state index contributed by atoms with van der Waals surface area (Å²) in [5, 5.41) is 13.7. The fourth-order valence-electron chi connectivity index (χ4n) is 2.18. The van der Waals surface area contributed by atoms with Crippen LogP contribution in [0.4, 0.5) is 4.79 Å². The maximum absolute atomic E-state index is 11.5. The van der Waals surface area contributed by atoms with Gasteiger partial charge in [0.05, 0.1) is 13.2 Å². The molecule has 2 aromatic carbocycles. The number of amides is 1. The summed E-state index contributed by atoms with van der Waals surface area (Å²) in [4.78, 5) is 11.5. The normalized spacial score (nSPS) is 11.0.